The minimum absolute atomic E-state index is 0.00922. The first-order valence-electron chi connectivity index (χ1n) is 12.0. The first kappa shape index (κ1) is 28.0. The van der Waals surface area contributed by atoms with Crippen molar-refractivity contribution in [2.45, 2.75) is 11.4 Å². The number of nitrogens with zero attached hydrogens (tertiary/aromatic N) is 4. The summed E-state index contributed by atoms with van der Waals surface area (Å²) in [5, 5.41) is 6.29. The molecule has 0 aliphatic carbocycles. The Morgan fingerprint density at radius 1 is 1.00 bits per heavy atom. The fourth-order valence-electron chi connectivity index (χ4n) is 3.91. The van der Waals surface area contributed by atoms with Crippen LogP contribution in [-0.4, -0.2) is 47.7 Å². The monoisotopic (exact) mass is 595 g/mol. The average Bonchev–Trinajstić information content (AvgIpc) is 3.43. The molecule has 2 aromatic carbocycles. The largest absolute Gasteiger partial charge is 0.383 e. The summed E-state index contributed by atoms with van der Waals surface area (Å²) in [5.74, 6) is -2.48. The van der Waals surface area contributed by atoms with Gasteiger partial charge in [-0.2, -0.15) is 0 Å². The number of hydrogen-bond donors (Lipinski definition) is 3. The molecule has 0 atom stereocenters. The maximum absolute atomic E-state index is 13.7. The summed E-state index contributed by atoms with van der Waals surface area (Å²) in [6, 6.07) is 13.6. The van der Waals surface area contributed by atoms with Crippen LogP contribution in [0.4, 0.5) is 26.1 Å². The molecule has 5 aromatic rings. The summed E-state index contributed by atoms with van der Waals surface area (Å²) in [6.45, 7) is 0.266. The maximum Gasteiger partial charge on any atom is 0.259 e. The average molecular weight is 596 g/mol. The van der Waals surface area contributed by atoms with E-state index in [0.29, 0.717) is 5.82 Å². The number of nitrogen functional groups attached to an aromatic ring is 1. The number of amides is 1. The number of benzene rings is 2. The van der Waals surface area contributed by atoms with Crippen LogP contribution < -0.4 is 16.4 Å². The van der Waals surface area contributed by atoms with Crippen molar-refractivity contribution in [1.82, 2.24) is 19.3 Å². The molecule has 0 saturated carbocycles. The molecular formula is C27H23F2N7O3S2. The predicted octanol–water partition coefficient (Wildman–Crippen LogP) is 4.73. The van der Waals surface area contributed by atoms with E-state index in [1.54, 1.807) is 0 Å². The summed E-state index contributed by atoms with van der Waals surface area (Å²) in [5.41, 5.74) is 7.56. The molecule has 0 unspecified atom stereocenters. The van der Waals surface area contributed by atoms with Gasteiger partial charge >= 0.3 is 0 Å². The van der Waals surface area contributed by atoms with Crippen molar-refractivity contribution in [2.24, 2.45) is 0 Å². The van der Waals surface area contributed by atoms with Crippen molar-refractivity contribution < 1.29 is 22.0 Å². The normalized spacial score (nSPS) is 11.6. The summed E-state index contributed by atoms with van der Waals surface area (Å²) >= 11 is 1.50. The van der Waals surface area contributed by atoms with E-state index in [0.717, 1.165) is 48.9 Å². The Labute approximate surface area is 237 Å². The lowest BCUT2D eigenvalue weighted by Crippen LogP contribution is -2.24. The number of rotatable bonds is 8. The van der Waals surface area contributed by atoms with E-state index in [-0.39, 0.29) is 28.5 Å². The van der Waals surface area contributed by atoms with E-state index < -0.39 is 27.6 Å². The Morgan fingerprint density at radius 2 is 1.80 bits per heavy atom. The number of anilines is 3. The van der Waals surface area contributed by atoms with Crippen molar-refractivity contribution >= 4 is 55.5 Å². The highest BCUT2D eigenvalue weighted by Crippen LogP contribution is 2.32. The molecule has 0 bridgehead atoms. The van der Waals surface area contributed by atoms with Gasteiger partial charge in [-0.3, -0.25) is 4.79 Å². The molecular weight excluding hydrogens is 572 g/mol. The first-order valence-corrected chi connectivity index (χ1v) is 14.3. The predicted molar refractivity (Wildman–Crippen MR) is 154 cm³/mol. The van der Waals surface area contributed by atoms with Crippen LogP contribution in [0.15, 0.2) is 72.0 Å². The highest BCUT2D eigenvalue weighted by atomic mass is 32.2. The molecule has 5 rings (SSSR count). The summed E-state index contributed by atoms with van der Waals surface area (Å²) in [4.78, 5) is 27.3. The van der Waals surface area contributed by atoms with E-state index in [1.165, 1.54) is 43.9 Å². The lowest BCUT2D eigenvalue weighted by atomic mass is 10.1. The Kier molecular flexibility index (Phi) is 7.62. The highest BCUT2D eigenvalue weighted by Gasteiger charge is 2.23. The van der Waals surface area contributed by atoms with Crippen LogP contribution in [0.3, 0.4) is 0 Å². The summed E-state index contributed by atoms with van der Waals surface area (Å²) in [7, 11) is -1.20. The van der Waals surface area contributed by atoms with Gasteiger partial charge in [0, 0.05) is 47.2 Å². The van der Waals surface area contributed by atoms with Crippen molar-refractivity contribution in [3.63, 3.8) is 0 Å². The van der Waals surface area contributed by atoms with Gasteiger partial charge in [0.15, 0.2) is 11.6 Å². The van der Waals surface area contributed by atoms with Gasteiger partial charge in [-0.05, 0) is 48.0 Å². The molecule has 10 nitrogen and oxygen atoms in total. The second-order valence-electron chi connectivity index (χ2n) is 9.05. The van der Waals surface area contributed by atoms with Crippen LogP contribution in [-0.2, 0) is 16.6 Å². The van der Waals surface area contributed by atoms with Gasteiger partial charge in [0.1, 0.15) is 22.9 Å². The van der Waals surface area contributed by atoms with Crippen LogP contribution in [0.1, 0.15) is 15.2 Å². The Bertz CT molecular complexity index is 1900. The van der Waals surface area contributed by atoms with Gasteiger partial charge in [0.2, 0.25) is 10.0 Å². The Morgan fingerprint density at radius 3 is 2.56 bits per heavy atom. The third-order valence-corrected chi connectivity index (χ3v) is 9.02. The number of fused-ring (bicyclic) bond motifs is 1. The fraction of sp³-hybridized carbons (Fsp3) is 0.111. The number of nitrogens with one attached hydrogen (secondary N) is 2. The van der Waals surface area contributed by atoms with Gasteiger partial charge < -0.3 is 16.4 Å². The van der Waals surface area contributed by atoms with Gasteiger partial charge in [-0.15, -0.1) is 11.3 Å². The summed E-state index contributed by atoms with van der Waals surface area (Å²) in [6.07, 6.45) is 2.56. The van der Waals surface area contributed by atoms with Crippen molar-refractivity contribution in [2.75, 3.05) is 30.5 Å². The first-order chi connectivity index (χ1) is 19.5. The third kappa shape index (κ3) is 5.84. The molecule has 41 heavy (non-hydrogen) atoms. The number of pyridine rings is 1. The zero-order valence-corrected chi connectivity index (χ0v) is 23.4. The zero-order valence-electron chi connectivity index (χ0n) is 21.7. The molecule has 0 radical (unpaired) electrons. The lowest BCUT2D eigenvalue weighted by Gasteiger charge is -2.15. The number of aromatic nitrogens is 3. The molecule has 210 valence electrons. The number of thiophene rings is 1. The van der Waals surface area contributed by atoms with E-state index in [9.17, 15) is 22.0 Å². The molecule has 0 aliphatic rings. The SMILES string of the molecule is CN(C)S(=O)(=O)c1cnc(NCc2ccc(-c3ccc4ncnc(N)c4c3)s2)c(C(=O)Nc2ccc(F)c(F)c2)c1. The number of halogens is 2. The van der Waals surface area contributed by atoms with Crippen LogP contribution in [0, 0.1) is 11.6 Å². The second kappa shape index (κ2) is 11.2. The van der Waals surface area contributed by atoms with Crippen LogP contribution in [0.2, 0.25) is 0 Å². The number of carbonyl (C=O) groups is 1. The zero-order chi connectivity index (χ0) is 29.3. The molecule has 14 heteroatoms. The lowest BCUT2D eigenvalue weighted by molar-refractivity contribution is 0.102. The standard InChI is InChI=1S/C27H23F2N7O3S2/c1-36(2)41(38,39)18-11-20(27(37)35-16-4-6-21(28)22(29)10-16)26(32-13-18)31-12-17-5-8-24(40-17)15-3-7-23-19(9-15)25(30)34-14-33-23/h3-11,13-14H,12H2,1-2H3,(H,31,32)(H,35,37)(H2,30,33,34). The number of nitrogens with two attached hydrogens (primary N) is 1. The molecule has 0 aliphatic heterocycles. The van der Waals surface area contributed by atoms with Gasteiger partial charge in [0.05, 0.1) is 17.6 Å². The molecule has 1 amide bonds. The van der Waals surface area contributed by atoms with Crippen molar-refractivity contribution in [3.05, 3.63) is 89.2 Å². The highest BCUT2D eigenvalue weighted by molar-refractivity contribution is 7.89. The molecule has 3 heterocycles. The van der Waals surface area contributed by atoms with Crippen molar-refractivity contribution in [3.8, 4) is 10.4 Å². The third-order valence-electron chi connectivity index (χ3n) is 6.11. The quantitative estimate of drug-likeness (QED) is 0.234. The second-order valence-corrected chi connectivity index (χ2v) is 12.4. The molecule has 0 fully saturated rings. The van der Waals surface area contributed by atoms with Crippen molar-refractivity contribution in [1.29, 1.82) is 0 Å². The van der Waals surface area contributed by atoms with E-state index >= 15 is 0 Å². The van der Waals surface area contributed by atoms with E-state index in [4.69, 9.17) is 5.73 Å². The topological polar surface area (TPSA) is 143 Å². The molecule has 4 N–H and O–H groups in total. The smallest absolute Gasteiger partial charge is 0.259 e. The summed E-state index contributed by atoms with van der Waals surface area (Å²) < 4.78 is 53.5. The minimum Gasteiger partial charge on any atom is -0.383 e. The number of sulfonamides is 1. The van der Waals surface area contributed by atoms with E-state index in [1.807, 2.05) is 30.3 Å². The van der Waals surface area contributed by atoms with Crippen LogP contribution in [0.25, 0.3) is 21.3 Å². The Balaban J connectivity index is 1.41. The van der Waals surface area contributed by atoms with Crippen LogP contribution >= 0.6 is 11.3 Å². The maximum atomic E-state index is 13.7. The van der Waals surface area contributed by atoms with E-state index in [2.05, 4.69) is 25.6 Å². The minimum atomic E-state index is -3.91. The molecule has 3 aromatic heterocycles. The fourth-order valence-corrected chi connectivity index (χ4v) is 5.73. The number of hydrogen-bond acceptors (Lipinski definition) is 9. The van der Waals surface area contributed by atoms with Gasteiger partial charge in [-0.1, -0.05) is 6.07 Å². The molecule has 0 spiro atoms. The van der Waals surface area contributed by atoms with Gasteiger partial charge in [-0.25, -0.2) is 36.5 Å². The number of carbonyl (C=O) groups excluding carboxylic acids is 1. The van der Waals surface area contributed by atoms with Crippen LogP contribution in [0.5, 0.6) is 0 Å². The molecule has 0 saturated heterocycles. The Hall–Kier alpha value is -4.53. The van der Waals surface area contributed by atoms with Gasteiger partial charge in [0.25, 0.3) is 5.91 Å².